The molecule has 1 heterocycles. The summed E-state index contributed by atoms with van der Waals surface area (Å²) in [4.78, 5) is 3.54. The highest BCUT2D eigenvalue weighted by molar-refractivity contribution is 5.94. The zero-order valence-electron chi connectivity index (χ0n) is 8.46. The number of nitrogens with zero attached hydrogens (tertiary/aromatic N) is 1. The molecule has 1 aromatic rings. The van der Waals surface area contributed by atoms with Crippen LogP contribution in [-0.2, 0) is 0 Å². The highest BCUT2D eigenvalue weighted by atomic mass is 19.3. The third-order valence-corrected chi connectivity index (χ3v) is 1.78. The van der Waals surface area contributed by atoms with Gasteiger partial charge in [-0.3, -0.25) is 5.41 Å². The lowest BCUT2D eigenvalue weighted by Crippen LogP contribution is -2.33. The van der Waals surface area contributed by atoms with Crippen molar-refractivity contribution in [1.82, 2.24) is 4.98 Å². The van der Waals surface area contributed by atoms with Crippen LogP contribution in [0, 0.1) is 5.41 Å². The van der Waals surface area contributed by atoms with E-state index in [1.165, 1.54) is 6.07 Å². The number of alkyl halides is 4. The van der Waals surface area contributed by atoms with Crippen molar-refractivity contribution in [2.75, 3.05) is 6.61 Å². The number of halogens is 4. The Morgan fingerprint density at radius 2 is 2.12 bits per heavy atom. The minimum Gasteiger partial charge on any atom is -0.471 e. The summed E-state index contributed by atoms with van der Waals surface area (Å²) in [5, 5.41) is 7.04. The Bertz CT molecular complexity index is 394. The van der Waals surface area contributed by atoms with E-state index in [0.29, 0.717) is 0 Å². The lowest BCUT2D eigenvalue weighted by molar-refractivity contribution is -0.148. The fraction of sp³-hybridized carbons (Fsp3) is 0.333. The molecule has 0 saturated heterocycles. The third-order valence-electron chi connectivity index (χ3n) is 1.78. The Kier molecular flexibility index (Phi) is 3.87. The number of nitrogens with two attached hydrogens (primary N) is 1. The van der Waals surface area contributed by atoms with Gasteiger partial charge in [-0.15, -0.1) is 0 Å². The molecule has 4 nitrogen and oxygen atoms in total. The van der Waals surface area contributed by atoms with Crippen LogP contribution in [-0.4, -0.2) is 29.8 Å². The summed E-state index contributed by atoms with van der Waals surface area (Å²) in [6.07, 6.45) is -2.67. The van der Waals surface area contributed by atoms with Crippen molar-refractivity contribution in [3.05, 3.63) is 23.9 Å². The number of hydrogen-bond acceptors (Lipinski definition) is 3. The van der Waals surface area contributed by atoms with Gasteiger partial charge in [0.25, 0.3) is 0 Å². The minimum absolute atomic E-state index is 0.240. The van der Waals surface area contributed by atoms with Gasteiger partial charge in [-0.25, -0.2) is 13.8 Å². The van der Waals surface area contributed by atoms with Crippen molar-refractivity contribution in [3.63, 3.8) is 0 Å². The number of pyridine rings is 1. The van der Waals surface area contributed by atoms with Crippen molar-refractivity contribution >= 4 is 5.84 Å². The summed E-state index contributed by atoms with van der Waals surface area (Å²) in [6, 6.07) is 2.48. The first-order valence-electron chi connectivity index (χ1n) is 4.42. The van der Waals surface area contributed by atoms with E-state index in [-0.39, 0.29) is 17.3 Å². The van der Waals surface area contributed by atoms with E-state index >= 15 is 0 Å². The molecule has 0 aliphatic rings. The average Bonchev–Trinajstić information content (AvgIpc) is 2.27. The van der Waals surface area contributed by atoms with Crippen LogP contribution < -0.4 is 10.5 Å². The standard InChI is InChI=1S/C9H9F4N3O/c10-8(11)9(12,13)4-17-6-2-1-5(3-16-6)7(14)15/h1-3,8H,4H2,(H3,14,15). The van der Waals surface area contributed by atoms with Gasteiger partial charge in [0.15, 0.2) is 6.61 Å². The van der Waals surface area contributed by atoms with Gasteiger partial charge in [-0.05, 0) is 6.07 Å². The Morgan fingerprint density at radius 3 is 2.53 bits per heavy atom. The number of nitrogen functional groups attached to an aromatic ring is 1. The number of nitrogens with one attached hydrogen (secondary N) is 1. The quantitative estimate of drug-likeness (QED) is 0.474. The van der Waals surface area contributed by atoms with Crippen molar-refractivity contribution < 1.29 is 22.3 Å². The van der Waals surface area contributed by atoms with E-state index in [1.54, 1.807) is 0 Å². The topological polar surface area (TPSA) is 72.0 Å². The van der Waals surface area contributed by atoms with Gasteiger partial charge in [0, 0.05) is 17.8 Å². The normalized spacial score (nSPS) is 11.6. The van der Waals surface area contributed by atoms with Crippen LogP contribution in [0.5, 0.6) is 5.88 Å². The van der Waals surface area contributed by atoms with Crippen LogP contribution in [0.2, 0.25) is 0 Å². The van der Waals surface area contributed by atoms with E-state index < -0.39 is 19.0 Å². The molecule has 0 atom stereocenters. The summed E-state index contributed by atoms with van der Waals surface area (Å²) < 4.78 is 53.0. The van der Waals surface area contributed by atoms with Crippen molar-refractivity contribution in [1.29, 1.82) is 5.41 Å². The molecule has 0 fully saturated rings. The molecule has 3 N–H and O–H groups in total. The van der Waals surface area contributed by atoms with Crippen LogP contribution in [0.15, 0.2) is 18.3 Å². The molecule has 0 amide bonds. The van der Waals surface area contributed by atoms with E-state index in [4.69, 9.17) is 11.1 Å². The highest BCUT2D eigenvalue weighted by Gasteiger charge is 2.41. The summed E-state index contributed by atoms with van der Waals surface area (Å²) >= 11 is 0. The maximum Gasteiger partial charge on any atom is 0.340 e. The van der Waals surface area contributed by atoms with Gasteiger partial charge >= 0.3 is 12.3 Å². The Morgan fingerprint density at radius 1 is 1.47 bits per heavy atom. The van der Waals surface area contributed by atoms with Crippen LogP contribution in [0.4, 0.5) is 17.6 Å². The predicted molar refractivity (Wildman–Crippen MR) is 51.7 cm³/mol. The van der Waals surface area contributed by atoms with Gasteiger partial charge in [0.05, 0.1) is 0 Å². The molecule has 1 rings (SSSR count). The van der Waals surface area contributed by atoms with Crippen LogP contribution in [0.1, 0.15) is 5.56 Å². The zero-order valence-corrected chi connectivity index (χ0v) is 8.46. The summed E-state index contributed by atoms with van der Waals surface area (Å²) in [5.74, 6) is -4.71. The first-order chi connectivity index (χ1) is 7.83. The first kappa shape index (κ1) is 13.2. The van der Waals surface area contributed by atoms with Crippen LogP contribution in [0.25, 0.3) is 0 Å². The van der Waals surface area contributed by atoms with Gasteiger partial charge in [-0.2, -0.15) is 8.78 Å². The Hall–Kier alpha value is -1.86. The molecule has 8 heteroatoms. The fourth-order valence-corrected chi connectivity index (χ4v) is 0.858. The lowest BCUT2D eigenvalue weighted by atomic mass is 10.3. The molecule has 0 bridgehead atoms. The van der Waals surface area contributed by atoms with E-state index in [1.807, 2.05) is 0 Å². The molecular weight excluding hydrogens is 242 g/mol. The van der Waals surface area contributed by atoms with Crippen molar-refractivity contribution in [2.24, 2.45) is 5.73 Å². The van der Waals surface area contributed by atoms with Crippen LogP contribution in [0.3, 0.4) is 0 Å². The smallest absolute Gasteiger partial charge is 0.340 e. The minimum atomic E-state index is -4.22. The van der Waals surface area contributed by atoms with E-state index in [0.717, 1.165) is 12.3 Å². The Labute approximate surface area is 93.9 Å². The molecule has 0 unspecified atom stereocenters. The number of hydrogen-bond donors (Lipinski definition) is 2. The number of rotatable bonds is 5. The molecule has 94 valence electrons. The van der Waals surface area contributed by atoms with Gasteiger partial charge < -0.3 is 10.5 Å². The average molecular weight is 251 g/mol. The highest BCUT2D eigenvalue weighted by Crippen LogP contribution is 2.23. The van der Waals surface area contributed by atoms with E-state index in [9.17, 15) is 17.6 Å². The zero-order chi connectivity index (χ0) is 13.1. The fourth-order valence-electron chi connectivity index (χ4n) is 0.858. The largest absolute Gasteiger partial charge is 0.471 e. The molecule has 0 aliphatic heterocycles. The second-order valence-electron chi connectivity index (χ2n) is 3.15. The molecule has 0 aliphatic carbocycles. The van der Waals surface area contributed by atoms with E-state index in [2.05, 4.69) is 9.72 Å². The maximum atomic E-state index is 12.5. The number of amidine groups is 1. The van der Waals surface area contributed by atoms with Gasteiger partial charge in [0.1, 0.15) is 5.84 Å². The summed E-state index contributed by atoms with van der Waals surface area (Å²) in [5.41, 5.74) is 5.41. The van der Waals surface area contributed by atoms with Gasteiger partial charge in [0.2, 0.25) is 5.88 Å². The summed E-state index contributed by atoms with van der Waals surface area (Å²) in [6.45, 7) is -1.46. The SMILES string of the molecule is N=C(N)c1ccc(OCC(F)(F)C(F)F)nc1. The van der Waals surface area contributed by atoms with Crippen molar-refractivity contribution in [2.45, 2.75) is 12.3 Å². The Balaban J connectivity index is 2.62. The lowest BCUT2D eigenvalue weighted by Gasteiger charge is -2.15. The molecule has 17 heavy (non-hydrogen) atoms. The maximum absolute atomic E-state index is 12.5. The summed E-state index contributed by atoms with van der Waals surface area (Å²) in [7, 11) is 0. The molecule has 0 aromatic carbocycles. The second-order valence-corrected chi connectivity index (χ2v) is 3.15. The number of aromatic nitrogens is 1. The van der Waals surface area contributed by atoms with Crippen LogP contribution >= 0.6 is 0 Å². The molecule has 0 spiro atoms. The number of ether oxygens (including phenoxy) is 1. The molecule has 0 radical (unpaired) electrons. The van der Waals surface area contributed by atoms with Crippen molar-refractivity contribution in [3.8, 4) is 5.88 Å². The molecule has 0 saturated carbocycles. The second kappa shape index (κ2) is 4.98. The molecular formula is C9H9F4N3O. The predicted octanol–water partition coefficient (Wildman–Crippen LogP) is 1.64. The molecule has 1 aromatic heterocycles. The first-order valence-corrected chi connectivity index (χ1v) is 4.42. The third kappa shape index (κ3) is 3.58. The monoisotopic (exact) mass is 251 g/mol. The van der Waals surface area contributed by atoms with Gasteiger partial charge in [-0.1, -0.05) is 0 Å².